The highest BCUT2D eigenvalue weighted by Crippen LogP contribution is 2.38. The molecule has 3 aromatic carbocycles. The molecule has 4 heteroatoms. The lowest BCUT2D eigenvalue weighted by Gasteiger charge is -2.37. The van der Waals surface area contributed by atoms with Gasteiger partial charge in [0.15, 0.2) is 0 Å². The number of carbonyl (C=O) groups is 1. The minimum Gasteiger partial charge on any atom is -0.325 e. The number of rotatable bonds is 3. The van der Waals surface area contributed by atoms with Crippen LogP contribution in [0.4, 0.5) is 8.78 Å². The average Bonchev–Trinajstić information content (AvgIpc) is 2.96. The van der Waals surface area contributed by atoms with Gasteiger partial charge in [-0.05, 0) is 66.9 Å². The van der Waals surface area contributed by atoms with E-state index in [-0.39, 0.29) is 11.7 Å². The van der Waals surface area contributed by atoms with E-state index in [9.17, 15) is 13.6 Å². The highest BCUT2D eigenvalue weighted by atomic mass is 19.1. The maximum atomic E-state index is 14.3. The lowest BCUT2D eigenvalue weighted by molar-refractivity contribution is -0.128. The number of fused-ring (bicyclic) bond motifs is 1. The summed E-state index contributed by atoms with van der Waals surface area (Å²) in [5.74, 6) is -0.840. The van der Waals surface area contributed by atoms with Gasteiger partial charge in [-0.15, -0.1) is 0 Å². The van der Waals surface area contributed by atoms with Crippen molar-refractivity contribution in [3.05, 3.63) is 89.0 Å². The molecular formula is C24H21F2NO. The molecule has 142 valence electrons. The third-order valence-electron chi connectivity index (χ3n) is 5.61. The van der Waals surface area contributed by atoms with Crippen LogP contribution in [-0.2, 0) is 10.3 Å². The van der Waals surface area contributed by atoms with Crippen molar-refractivity contribution in [1.29, 1.82) is 0 Å². The van der Waals surface area contributed by atoms with Gasteiger partial charge in [-0.3, -0.25) is 4.79 Å². The topological polar surface area (TPSA) is 20.3 Å². The molecule has 0 spiro atoms. The number of amides is 1. The van der Waals surface area contributed by atoms with Crippen LogP contribution < -0.4 is 0 Å². The van der Waals surface area contributed by atoms with Crippen molar-refractivity contribution in [2.24, 2.45) is 0 Å². The van der Waals surface area contributed by atoms with Crippen LogP contribution in [0, 0.1) is 11.6 Å². The van der Waals surface area contributed by atoms with Gasteiger partial charge in [-0.2, -0.15) is 0 Å². The Hall–Kier alpha value is -3.01. The van der Waals surface area contributed by atoms with Crippen molar-refractivity contribution < 1.29 is 13.6 Å². The molecule has 1 heterocycles. The number of halogens is 2. The van der Waals surface area contributed by atoms with Gasteiger partial charge < -0.3 is 4.90 Å². The normalized spacial score (nSPS) is 15.0. The fraction of sp³-hybridized carbons (Fsp3) is 0.208. The zero-order valence-corrected chi connectivity index (χ0v) is 16.1. The predicted molar refractivity (Wildman–Crippen MR) is 108 cm³/mol. The summed E-state index contributed by atoms with van der Waals surface area (Å²) in [6.45, 7) is 6.27. The van der Waals surface area contributed by atoms with Crippen molar-refractivity contribution in [1.82, 2.24) is 4.90 Å². The fourth-order valence-electron chi connectivity index (χ4n) is 3.92. The molecule has 3 aromatic rings. The van der Waals surface area contributed by atoms with Gasteiger partial charge in [0.2, 0.25) is 0 Å². The SMILES string of the molecule is CC1=C(c2ccccc2F)C(=O)N(C(C)(C)c2ccc3cc(F)ccc3c2)C1. The Morgan fingerprint density at radius 1 is 0.929 bits per heavy atom. The van der Waals surface area contributed by atoms with Gasteiger partial charge in [0.05, 0.1) is 11.1 Å². The summed E-state index contributed by atoms with van der Waals surface area (Å²) in [5, 5.41) is 1.73. The van der Waals surface area contributed by atoms with Crippen molar-refractivity contribution in [3.63, 3.8) is 0 Å². The van der Waals surface area contributed by atoms with E-state index in [4.69, 9.17) is 0 Å². The lowest BCUT2D eigenvalue weighted by Crippen LogP contribution is -2.43. The van der Waals surface area contributed by atoms with Crippen LogP contribution in [0.5, 0.6) is 0 Å². The quantitative estimate of drug-likeness (QED) is 0.576. The van der Waals surface area contributed by atoms with Crippen LogP contribution in [0.25, 0.3) is 16.3 Å². The molecule has 0 radical (unpaired) electrons. The average molecular weight is 377 g/mol. The zero-order chi connectivity index (χ0) is 20.1. The van der Waals surface area contributed by atoms with Crippen molar-refractivity contribution >= 4 is 22.3 Å². The molecule has 0 N–H and O–H groups in total. The third kappa shape index (κ3) is 2.89. The molecular weight excluding hydrogens is 356 g/mol. The van der Waals surface area contributed by atoms with Crippen LogP contribution in [0.15, 0.2) is 66.2 Å². The summed E-state index contributed by atoms with van der Waals surface area (Å²) in [5.41, 5.74) is 1.98. The Kier molecular flexibility index (Phi) is 4.30. The summed E-state index contributed by atoms with van der Waals surface area (Å²) >= 11 is 0. The van der Waals surface area contributed by atoms with Crippen molar-refractivity contribution in [2.45, 2.75) is 26.3 Å². The summed E-state index contributed by atoms with van der Waals surface area (Å²) in [7, 11) is 0. The Morgan fingerprint density at radius 2 is 1.61 bits per heavy atom. The molecule has 28 heavy (non-hydrogen) atoms. The van der Waals surface area contributed by atoms with E-state index >= 15 is 0 Å². The highest BCUT2D eigenvalue weighted by Gasteiger charge is 2.40. The van der Waals surface area contributed by atoms with E-state index in [0.717, 1.165) is 21.9 Å². The minimum absolute atomic E-state index is 0.174. The lowest BCUT2D eigenvalue weighted by atomic mass is 9.90. The molecule has 0 fully saturated rings. The van der Waals surface area contributed by atoms with Gasteiger partial charge in [0, 0.05) is 12.1 Å². The molecule has 0 aliphatic carbocycles. The van der Waals surface area contributed by atoms with Gasteiger partial charge in [0.1, 0.15) is 11.6 Å². The molecule has 1 aliphatic rings. The Bertz CT molecular complexity index is 1130. The van der Waals surface area contributed by atoms with E-state index in [1.807, 2.05) is 39.0 Å². The van der Waals surface area contributed by atoms with Crippen LogP contribution in [0.2, 0.25) is 0 Å². The fourth-order valence-corrected chi connectivity index (χ4v) is 3.92. The Balaban J connectivity index is 1.72. The predicted octanol–water partition coefficient (Wildman–Crippen LogP) is 5.67. The number of nitrogens with zero attached hydrogens (tertiary/aromatic N) is 1. The van der Waals surface area contributed by atoms with Crippen LogP contribution in [0.3, 0.4) is 0 Å². The standard InChI is InChI=1S/C24H21F2NO/c1-15-14-27(23(28)22(15)20-6-4-5-7-21(20)26)24(2,3)18-10-8-17-13-19(25)11-9-16(17)12-18/h4-13H,14H2,1-3H3. The molecule has 0 unspecified atom stereocenters. The van der Waals surface area contributed by atoms with Gasteiger partial charge in [-0.25, -0.2) is 8.78 Å². The summed E-state index contributed by atoms with van der Waals surface area (Å²) in [6.07, 6.45) is 0. The number of carbonyl (C=O) groups excluding carboxylic acids is 1. The molecule has 2 nitrogen and oxygen atoms in total. The molecule has 0 saturated heterocycles. The molecule has 1 amide bonds. The van der Waals surface area contributed by atoms with Gasteiger partial charge in [0.25, 0.3) is 5.91 Å². The largest absolute Gasteiger partial charge is 0.325 e. The first-order valence-electron chi connectivity index (χ1n) is 9.25. The summed E-state index contributed by atoms with van der Waals surface area (Å²) in [4.78, 5) is 15.0. The molecule has 0 aromatic heterocycles. The van der Waals surface area contributed by atoms with Gasteiger partial charge >= 0.3 is 0 Å². The Morgan fingerprint density at radius 3 is 2.36 bits per heavy atom. The van der Waals surface area contributed by atoms with E-state index < -0.39 is 11.4 Å². The summed E-state index contributed by atoms with van der Waals surface area (Å²) in [6, 6.07) is 16.8. The third-order valence-corrected chi connectivity index (χ3v) is 5.61. The number of hydrogen-bond acceptors (Lipinski definition) is 1. The zero-order valence-electron chi connectivity index (χ0n) is 16.1. The highest BCUT2D eigenvalue weighted by molar-refractivity contribution is 6.22. The second-order valence-corrected chi connectivity index (χ2v) is 7.79. The first kappa shape index (κ1) is 18.4. The van der Waals surface area contributed by atoms with E-state index in [1.165, 1.54) is 18.2 Å². The second-order valence-electron chi connectivity index (χ2n) is 7.79. The maximum absolute atomic E-state index is 14.3. The van der Waals surface area contributed by atoms with Gasteiger partial charge in [-0.1, -0.05) is 36.4 Å². The number of benzene rings is 3. The second kappa shape index (κ2) is 6.55. The van der Waals surface area contributed by atoms with Crippen LogP contribution in [-0.4, -0.2) is 17.4 Å². The molecule has 0 bridgehead atoms. The maximum Gasteiger partial charge on any atom is 0.255 e. The smallest absolute Gasteiger partial charge is 0.255 e. The van der Waals surface area contributed by atoms with Crippen LogP contribution >= 0.6 is 0 Å². The monoisotopic (exact) mass is 377 g/mol. The molecule has 4 rings (SSSR count). The first-order valence-corrected chi connectivity index (χ1v) is 9.25. The molecule has 1 aliphatic heterocycles. The van der Waals surface area contributed by atoms with Crippen molar-refractivity contribution in [3.8, 4) is 0 Å². The van der Waals surface area contributed by atoms with Crippen molar-refractivity contribution in [2.75, 3.05) is 6.54 Å². The van der Waals surface area contributed by atoms with E-state index in [0.29, 0.717) is 17.7 Å². The van der Waals surface area contributed by atoms with E-state index in [2.05, 4.69) is 0 Å². The molecule has 0 atom stereocenters. The summed E-state index contributed by atoms with van der Waals surface area (Å²) < 4.78 is 27.8. The molecule has 0 saturated carbocycles. The number of hydrogen-bond donors (Lipinski definition) is 0. The minimum atomic E-state index is -0.603. The van der Waals surface area contributed by atoms with Crippen LogP contribution in [0.1, 0.15) is 31.9 Å². The van der Waals surface area contributed by atoms with E-state index in [1.54, 1.807) is 29.2 Å². The first-order chi connectivity index (χ1) is 13.3. The Labute approximate surface area is 163 Å².